The summed E-state index contributed by atoms with van der Waals surface area (Å²) in [6.45, 7) is 5.09. The van der Waals surface area contributed by atoms with E-state index in [4.69, 9.17) is 0 Å². The molecule has 17 heavy (non-hydrogen) atoms. The monoisotopic (exact) mass is 235 g/mol. The van der Waals surface area contributed by atoms with Gasteiger partial charge in [0.25, 0.3) is 5.91 Å². The molecular weight excluding hydrogens is 214 g/mol. The van der Waals surface area contributed by atoms with Crippen molar-refractivity contribution in [2.75, 3.05) is 26.0 Å². The Bertz CT molecular complexity index is 377. The Kier molecular flexibility index (Phi) is 4.94. The summed E-state index contributed by atoms with van der Waals surface area (Å²) in [7, 11) is 3.63. The van der Waals surface area contributed by atoms with Crippen LogP contribution < -0.4 is 5.32 Å². The van der Waals surface area contributed by atoms with Crippen molar-refractivity contribution in [1.82, 2.24) is 9.88 Å². The van der Waals surface area contributed by atoms with Gasteiger partial charge in [0, 0.05) is 26.8 Å². The van der Waals surface area contributed by atoms with Crippen LogP contribution in [-0.4, -0.2) is 36.4 Å². The number of anilines is 1. The molecule has 1 N–H and O–H groups in total. The molecule has 0 fully saturated rings. The summed E-state index contributed by atoms with van der Waals surface area (Å²) in [5.41, 5.74) is 1.45. The molecule has 0 saturated carbocycles. The number of hydrogen-bond acceptors (Lipinski definition) is 3. The van der Waals surface area contributed by atoms with E-state index in [0.29, 0.717) is 11.5 Å². The molecule has 0 aliphatic rings. The molecule has 1 aromatic rings. The molecule has 0 radical (unpaired) electrons. The number of nitrogens with one attached hydrogen (secondary N) is 1. The van der Waals surface area contributed by atoms with Crippen molar-refractivity contribution in [2.24, 2.45) is 5.92 Å². The highest BCUT2D eigenvalue weighted by Crippen LogP contribution is 2.15. The van der Waals surface area contributed by atoms with E-state index in [9.17, 15) is 4.79 Å². The third-order valence-corrected chi connectivity index (χ3v) is 2.71. The summed E-state index contributed by atoms with van der Waals surface area (Å²) >= 11 is 0. The van der Waals surface area contributed by atoms with Crippen molar-refractivity contribution in [3.05, 3.63) is 24.0 Å². The lowest BCUT2D eigenvalue weighted by atomic mass is 10.1. The van der Waals surface area contributed by atoms with E-state index in [1.54, 1.807) is 30.4 Å². The standard InChI is InChI=1S/C13H21N3O/c1-10(2)6-8-16(4)13(17)11-5-7-15-9-12(11)14-3/h5,7,9-10,14H,6,8H2,1-4H3. The summed E-state index contributed by atoms with van der Waals surface area (Å²) in [6, 6.07) is 1.75. The van der Waals surface area contributed by atoms with Gasteiger partial charge >= 0.3 is 0 Å². The number of carbonyl (C=O) groups is 1. The van der Waals surface area contributed by atoms with Gasteiger partial charge in [-0.1, -0.05) is 13.8 Å². The van der Waals surface area contributed by atoms with Crippen LogP contribution in [0.4, 0.5) is 5.69 Å². The van der Waals surface area contributed by atoms with Gasteiger partial charge in [-0.2, -0.15) is 0 Å². The molecule has 4 nitrogen and oxygen atoms in total. The van der Waals surface area contributed by atoms with Gasteiger partial charge in [0.2, 0.25) is 0 Å². The van der Waals surface area contributed by atoms with Gasteiger partial charge in [-0.15, -0.1) is 0 Å². The molecule has 94 valence electrons. The summed E-state index contributed by atoms with van der Waals surface area (Å²) in [4.78, 5) is 18.0. The molecule has 1 rings (SSSR count). The Morgan fingerprint density at radius 3 is 2.82 bits per heavy atom. The first-order valence-electron chi connectivity index (χ1n) is 5.93. The highest BCUT2D eigenvalue weighted by molar-refractivity contribution is 5.99. The second-order valence-corrected chi connectivity index (χ2v) is 4.58. The summed E-state index contributed by atoms with van der Waals surface area (Å²) in [5, 5.41) is 2.99. The zero-order valence-corrected chi connectivity index (χ0v) is 11.0. The Morgan fingerprint density at radius 1 is 1.53 bits per heavy atom. The maximum atomic E-state index is 12.2. The van der Waals surface area contributed by atoms with Crippen LogP contribution in [0, 0.1) is 5.92 Å². The first-order chi connectivity index (χ1) is 8.06. The van der Waals surface area contributed by atoms with Crippen molar-refractivity contribution >= 4 is 11.6 Å². The molecule has 0 aliphatic carbocycles. The number of pyridine rings is 1. The van der Waals surface area contributed by atoms with Crippen LogP contribution in [-0.2, 0) is 0 Å². The van der Waals surface area contributed by atoms with Gasteiger partial charge in [-0.3, -0.25) is 9.78 Å². The Balaban J connectivity index is 2.74. The number of nitrogens with zero attached hydrogens (tertiary/aromatic N) is 2. The number of aromatic nitrogens is 1. The molecule has 0 aliphatic heterocycles. The Hall–Kier alpha value is -1.58. The molecule has 0 bridgehead atoms. The van der Waals surface area contributed by atoms with E-state index < -0.39 is 0 Å². The Morgan fingerprint density at radius 2 is 2.24 bits per heavy atom. The molecule has 0 unspecified atom stereocenters. The maximum absolute atomic E-state index is 12.2. The topological polar surface area (TPSA) is 45.2 Å². The first kappa shape index (κ1) is 13.5. The fraction of sp³-hybridized carbons (Fsp3) is 0.538. The Labute approximate surface area is 103 Å². The predicted octanol–water partition coefficient (Wildman–Crippen LogP) is 2.24. The highest BCUT2D eigenvalue weighted by atomic mass is 16.2. The van der Waals surface area contributed by atoms with Crippen molar-refractivity contribution in [2.45, 2.75) is 20.3 Å². The summed E-state index contributed by atoms with van der Waals surface area (Å²) < 4.78 is 0. The van der Waals surface area contributed by atoms with E-state index in [2.05, 4.69) is 24.1 Å². The van der Waals surface area contributed by atoms with Crippen molar-refractivity contribution < 1.29 is 4.79 Å². The lowest BCUT2D eigenvalue weighted by Gasteiger charge is -2.19. The largest absolute Gasteiger partial charge is 0.386 e. The van der Waals surface area contributed by atoms with Crippen LogP contribution in [0.25, 0.3) is 0 Å². The second kappa shape index (κ2) is 6.23. The van der Waals surface area contributed by atoms with Gasteiger partial charge in [0.15, 0.2) is 0 Å². The smallest absolute Gasteiger partial charge is 0.255 e. The molecular formula is C13H21N3O. The third kappa shape index (κ3) is 3.73. The highest BCUT2D eigenvalue weighted by Gasteiger charge is 2.15. The van der Waals surface area contributed by atoms with E-state index in [1.165, 1.54) is 0 Å². The minimum absolute atomic E-state index is 0.0393. The molecule has 0 spiro atoms. The number of amides is 1. The third-order valence-electron chi connectivity index (χ3n) is 2.71. The zero-order chi connectivity index (χ0) is 12.8. The van der Waals surface area contributed by atoms with E-state index in [0.717, 1.165) is 18.7 Å². The predicted molar refractivity (Wildman–Crippen MR) is 70.2 cm³/mol. The first-order valence-corrected chi connectivity index (χ1v) is 5.93. The molecule has 4 heteroatoms. The molecule has 1 amide bonds. The summed E-state index contributed by atoms with van der Waals surface area (Å²) in [5.74, 6) is 0.642. The van der Waals surface area contributed by atoms with Crippen molar-refractivity contribution in [3.8, 4) is 0 Å². The molecule has 0 atom stereocenters. The molecule has 1 aromatic heterocycles. The van der Waals surface area contributed by atoms with Gasteiger partial charge in [0.05, 0.1) is 17.4 Å². The van der Waals surface area contributed by atoms with Crippen LogP contribution in [0.15, 0.2) is 18.5 Å². The number of hydrogen-bond donors (Lipinski definition) is 1. The van der Waals surface area contributed by atoms with Crippen LogP contribution in [0.1, 0.15) is 30.6 Å². The molecule has 0 aromatic carbocycles. The molecule has 0 saturated heterocycles. The number of carbonyl (C=O) groups excluding carboxylic acids is 1. The number of rotatable bonds is 5. The quantitative estimate of drug-likeness (QED) is 0.851. The van der Waals surface area contributed by atoms with Crippen LogP contribution in [0.5, 0.6) is 0 Å². The molecule has 1 heterocycles. The van der Waals surface area contributed by atoms with Crippen molar-refractivity contribution in [1.29, 1.82) is 0 Å². The normalized spacial score (nSPS) is 10.4. The summed E-state index contributed by atoms with van der Waals surface area (Å²) in [6.07, 6.45) is 4.33. The fourth-order valence-corrected chi connectivity index (χ4v) is 1.54. The van der Waals surface area contributed by atoms with Crippen LogP contribution in [0.2, 0.25) is 0 Å². The van der Waals surface area contributed by atoms with Crippen LogP contribution in [0.3, 0.4) is 0 Å². The van der Waals surface area contributed by atoms with Gasteiger partial charge < -0.3 is 10.2 Å². The maximum Gasteiger partial charge on any atom is 0.255 e. The zero-order valence-electron chi connectivity index (χ0n) is 11.0. The average Bonchev–Trinajstić information content (AvgIpc) is 2.34. The van der Waals surface area contributed by atoms with E-state index >= 15 is 0 Å². The van der Waals surface area contributed by atoms with Crippen molar-refractivity contribution in [3.63, 3.8) is 0 Å². The lowest BCUT2D eigenvalue weighted by molar-refractivity contribution is 0.0790. The van der Waals surface area contributed by atoms with Gasteiger partial charge in [-0.05, 0) is 18.4 Å². The van der Waals surface area contributed by atoms with E-state index in [-0.39, 0.29) is 5.91 Å². The fourth-order valence-electron chi connectivity index (χ4n) is 1.54. The second-order valence-electron chi connectivity index (χ2n) is 4.58. The van der Waals surface area contributed by atoms with Gasteiger partial charge in [-0.25, -0.2) is 0 Å². The minimum Gasteiger partial charge on any atom is -0.386 e. The van der Waals surface area contributed by atoms with E-state index in [1.807, 2.05) is 7.05 Å². The lowest BCUT2D eigenvalue weighted by Crippen LogP contribution is -2.29. The van der Waals surface area contributed by atoms with Crippen LogP contribution >= 0.6 is 0 Å². The SMILES string of the molecule is CNc1cnccc1C(=O)N(C)CCC(C)C. The average molecular weight is 235 g/mol. The van der Waals surface area contributed by atoms with Gasteiger partial charge in [0.1, 0.15) is 0 Å². The minimum atomic E-state index is 0.0393.